The van der Waals surface area contributed by atoms with Gasteiger partial charge in [0.25, 0.3) is 5.91 Å². The van der Waals surface area contributed by atoms with Crippen molar-refractivity contribution in [3.05, 3.63) is 29.8 Å². The molecule has 0 fully saturated rings. The van der Waals surface area contributed by atoms with E-state index in [2.05, 4.69) is 0 Å². The van der Waals surface area contributed by atoms with Gasteiger partial charge in [-0.3, -0.25) is 4.79 Å². The number of carbonyl (C=O) groups is 1. The predicted octanol–water partition coefficient (Wildman–Crippen LogP) is 0.514. The van der Waals surface area contributed by atoms with Crippen LogP contribution in [0.1, 0.15) is 11.7 Å². The number of aliphatic hydroxyl groups excluding tert-OH is 1. The van der Waals surface area contributed by atoms with Gasteiger partial charge in [0.1, 0.15) is 5.75 Å². The average molecular weight is 195 g/mol. The van der Waals surface area contributed by atoms with Gasteiger partial charge in [-0.25, -0.2) is 0 Å². The van der Waals surface area contributed by atoms with Crippen LogP contribution in [0.4, 0.5) is 0 Å². The van der Waals surface area contributed by atoms with Crippen LogP contribution in [0.25, 0.3) is 0 Å². The van der Waals surface area contributed by atoms with Crippen molar-refractivity contribution in [1.82, 2.24) is 4.90 Å². The molecule has 0 aromatic heterocycles. The van der Waals surface area contributed by atoms with Gasteiger partial charge in [0.15, 0.2) is 6.10 Å². The van der Waals surface area contributed by atoms with Gasteiger partial charge < -0.3 is 15.1 Å². The molecule has 4 nitrogen and oxygen atoms in total. The van der Waals surface area contributed by atoms with E-state index in [-0.39, 0.29) is 11.7 Å². The van der Waals surface area contributed by atoms with E-state index < -0.39 is 6.10 Å². The second-order valence-corrected chi connectivity index (χ2v) is 3.23. The molecule has 1 unspecified atom stereocenters. The Labute approximate surface area is 82.4 Å². The standard InChI is InChI=1S/C10H13NO3/c1-11(2)10(14)9(13)7-3-5-8(12)6-4-7/h3-6,9,12-13H,1-2H3. The van der Waals surface area contributed by atoms with Crippen LogP contribution in [-0.2, 0) is 4.79 Å². The minimum atomic E-state index is -1.16. The number of nitrogens with zero attached hydrogens (tertiary/aromatic N) is 1. The van der Waals surface area contributed by atoms with Crippen LogP contribution in [0.15, 0.2) is 24.3 Å². The van der Waals surface area contributed by atoms with Crippen molar-refractivity contribution in [2.24, 2.45) is 0 Å². The maximum absolute atomic E-state index is 11.3. The lowest BCUT2D eigenvalue weighted by Gasteiger charge is -2.15. The fourth-order valence-electron chi connectivity index (χ4n) is 1.04. The van der Waals surface area contributed by atoms with E-state index in [1.54, 1.807) is 14.1 Å². The molecule has 0 saturated heterocycles. The summed E-state index contributed by atoms with van der Waals surface area (Å²) in [6.45, 7) is 0. The van der Waals surface area contributed by atoms with Gasteiger partial charge in [0, 0.05) is 14.1 Å². The highest BCUT2D eigenvalue weighted by molar-refractivity contribution is 5.81. The quantitative estimate of drug-likeness (QED) is 0.723. The zero-order valence-corrected chi connectivity index (χ0v) is 8.14. The zero-order valence-electron chi connectivity index (χ0n) is 8.14. The minimum absolute atomic E-state index is 0.109. The number of hydrogen-bond acceptors (Lipinski definition) is 3. The maximum atomic E-state index is 11.3. The summed E-state index contributed by atoms with van der Waals surface area (Å²) in [7, 11) is 3.15. The molecule has 0 saturated carbocycles. The molecule has 0 aliphatic heterocycles. The van der Waals surface area contributed by atoms with Crippen molar-refractivity contribution in [3.8, 4) is 5.75 Å². The molecule has 1 atom stereocenters. The first kappa shape index (κ1) is 10.5. The summed E-state index contributed by atoms with van der Waals surface area (Å²) in [6.07, 6.45) is -1.16. The van der Waals surface area contributed by atoms with Crippen molar-refractivity contribution in [3.63, 3.8) is 0 Å². The second-order valence-electron chi connectivity index (χ2n) is 3.23. The monoisotopic (exact) mass is 195 g/mol. The molecule has 0 radical (unpaired) electrons. The molecule has 0 heterocycles. The zero-order chi connectivity index (χ0) is 10.7. The van der Waals surface area contributed by atoms with E-state index >= 15 is 0 Å². The largest absolute Gasteiger partial charge is 0.508 e. The van der Waals surface area contributed by atoms with Gasteiger partial charge in [0.05, 0.1) is 0 Å². The summed E-state index contributed by atoms with van der Waals surface area (Å²) in [5.74, 6) is -0.269. The summed E-state index contributed by atoms with van der Waals surface area (Å²) >= 11 is 0. The third-order valence-corrected chi connectivity index (χ3v) is 1.88. The summed E-state index contributed by atoms with van der Waals surface area (Å²) in [5.41, 5.74) is 0.474. The Kier molecular flexibility index (Phi) is 3.09. The third-order valence-electron chi connectivity index (χ3n) is 1.88. The van der Waals surface area contributed by atoms with Crippen molar-refractivity contribution in [2.75, 3.05) is 14.1 Å². The highest BCUT2D eigenvalue weighted by Gasteiger charge is 2.18. The van der Waals surface area contributed by atoms with Crippen molar-refractivity contribution in [2.45, 2.75) is 6.10 Å². The number of benzene rings is 1. The number of phenols is 1. The Bertz CT molecular complexity index is 319. The first-order valence-corrected chi connectivity index (χ1v) is 4.20. The van der Waals surface area contributed by atoms with Crippen LogP contribution in [0, 0.1) is 0 Å². The third kappa shape index (κ3) is 2.23. The van der Waals surface area contributed by atoms with Gasteiger partial charge in [0.2, 0.25) is 0 Å². The molecule has 2 N–H and O–H groups in total. The number of amides is 1. The minimum Gasteiger partial charge on any atom is -0.508 e. The Morgan fingerprint density at radius 2 is 1.79 bits per heavy atom. The molecule has 0 spiro atoms. The van der Waals surface area contributed by atoms with Gasteiger partial charge in [-0.05, 0) is 17.7 Å². The molecule has 0 bridgehead atoms. The maximum Gasteiger partial charge on any atom is 0.255 e. The number of aromatic hydroxyl groups is 1. The Hall–Kier alpha value is -1.55. The first-order valence-electron chi connectivity index (χ1n) is 4.20. The fourth-order valence-corrected chi connectivity index (χ4v) is 1.04. The highest BCUT2D eigenvalue weighted by atomic mass is 16.3. The topological polar surface area (TPSA) is 60.8 Å². The normalized spacial score (nSPS) is 12.2. The Balaban J connectivity index is 2.84. The average Bonchev–Trinajstić information content (AvgIpc) is 2.16. The summed E-state index contributed by atoms with van der Waals surface area (Å²) < 4.78 is 0. The highest BCUT2D eigenvalue weighted by Crippen LogP contribution is 2.17. The number of rotatable bonds is 2. The van der Waals surface area contributed by atoms with Crippen LogP contribution < -0.4 is 0 Å². The smallest absolute Gasteiger partial charge is 0.255 e. The molecule has 1 aromatic rings. The van der Waals surface area contributed by atoms with Crippen LogP contribution in [0.2, 0.25) is 0 Å². The van der Waals surface area contributed by atoms with E-state index in [9.17, 15) is 9.90 Å². The van der Waals surface area contributed by atoms with E-state index in [1.807, 2.05) is 0 Å². The number of phenolic OH excluding ortho intramolecular Hbond substituents is 1. The van der Waals surface area contributed by atoms with Gasteiger partial charge in [-0.1, -0.05) is 12.1 Å². The molecule has 0 aliphatic carbocycles. The molecule has 4 heteroatoms. The van der Waals surface area contributed by atoms with Crippen LogP contribution in [0.3, 0.4) is 0 Å². The van der Waals surface area contributed by atoms with E-state index in [0.29, 0.717) is 5.56 Å². The van der Waals surface area contributed by atoms with Gasteiger partial charge in [-0.15, -0.1) is 0 Å². The molecular formula is C10H13NO3. The first-order chi connectivity index (χ1) is 6.52. The van der Waals surface area contributed by atoms with Crippen molar-refractivity contribution < 1.29 is 15.0 Å². The molecule has 1 amide bonds. The number of hydrogen-bond donors (Lipinski definition) is 2. The molecule has 14 heavy (non-hydrogen) atoms. The van der Waals surface area contributed by atoms with E-state index in [4.69, 9.17) is 5.11 Å². The molecule has 0 aliphatic rings. The van der Waals surface area contributed by atoms with Gasteiger partial charge in [-0.2, -0.15) is 0 Å². The summed E-state index contributed by atoms with van der Waals surface area (Å²) in [4.78, 5) is 12.7. The molecular weight excluding hydrogens is 182 g/mol. The number of aliphatic hydroxyl groups is 1. The lowest BCUT2D eigenvalue weighted by Crippen LogP contribution is -2.27. The molecule has 1 aromatic carbocycles. The van der Waals surface area contributed by atoms with E-state index in [0.717, 1.165) is 0 Å². The summed E-state index contributed by atoms with van der Waals surface area (Å²) in [5, 5.41) is 18.6. The van der Waals surface area contributed by atoms with Crippen molar-refractivity contribution in [1.29, 1.82) is 0 Å². The fraction of sp³-hybridized carbons (Fsp3) is 0.300. The lowest BCUT2D eigenvalue weighted by atomic mass is 10.1. The van der Waals surface area contributed by atoms with Crippen molar-refractivity contribution >= 4 is 5.91 Å². The van der Waals surface area contributed by atoms with Crippen LogP contribution in [-0.4, -0.2) is 35.1 Å². The van der Waals surface area contributed by atoms with E-state index in [1.165, 1.54) is 29.2 Å². The summed E-state index contributed by atoms with van der Waals surface area (Å²) in [6, 6.07) is 5.89. The van der Waals surface area contributed by atoms with Crippen LogP contribution in [0.5, 0.6) is 5.75 Å². The predicted molar refractivity (Wildman–Crippen MR) is 51.8 cm³/mol. The van der Waals surface area contributed by atoms with Gasteiger partial charge >= 0.3 is 0 Å². The number of likely N-dealkylation sites (N-methyl/N-ethyl adjacent to an activating group) is 1. The lowest BCUT2D eigenvalue weighted by molar-refractivity contribution is -0.137. The second kappa shape index (κ2) is 4.11. The molecule has 76 valence electrons. The number of carbonyl (C=O) groups excluding carboxylic acids is 1. The Morgan fingerprint density at radius 1 is 1.29 bits per heavy atom. The van der Waals surface area contributed by atoms with Crippen LogP contribution >= 0.6 is 0 Å². The SMILES string of the molecule is CN(C)C(=O)C(O)c1ccc(O)cc1. The molecule has 1 rings (SSSR count). The Morgan fingerprint density at radius 3 is 2.21 bits per heavy atom.